The Hall–Kier alpha value is -1.75. The van der Waals surface area contributed by atoms with Crippen LogP contribution in [0.2, 0.25) is 0 Å². The van der Waals surface area contributed by atoms with Gasteiger partial charge in [0.1, 0.15) is 13.2 Å². The lowest BCUT2D eigenvalue weighted by Gasteiger charge is -2.25. The van der Waals surface area contributed by atoms with E-state index in [1.165, 1.54) is 0 Å². The van der Waals surface area contributed by atoms with Crippen LogP contribution in [-0.2, 0) is 4.79 Å². The van der Waals surface area contributed by atoms with E-state index in [4.69, 9.17) is 9.47 Å². The van der Waals surface area contributed by atoms with Crippen molar-refractivity contribution < 1.29 is 19.4 Å². The van der Waals surface area contributed by atoms with Crippen molar-refractivity contribution in [1.82, 2.24) is 4.90 Å². The van der Waals surface area contributed by atoms with E-state index >= 15 is 0 Å². The summed E-state index contributed by atoms with van der Waals surface area (Å²) in [6, 6.07) is 5.36. The highest BCUT2D eigenvalue weighted by Gasteiger charge is 2.29. The lowest BCUT2D eigenvalue weighted by molar-refractivity contribution is -0.137. The van der Waals surface area contributed by atoms with Crippen molar-refractivity contribution in [1.29, 1.82) is 0 Å². The van der Waals surface area contributed by atoms with Crippen LogP contribution in [0, 0.1) is 5.92 Å². The van der Waals surface area contributed by atoms with Crippen LogP contribution >= 0.6 is 0 Å². The molecule has 2 atom stereocenters. The van der Waals surface area contributed by atoms with Gasteiger partial charge >= 0.3 is 0 Å². The normalized spacial score (nSPS) is 20.2. The third kappa shape index (κ3) is 2.83. The first-order chi connectivity index (χ1) is 10.2. The van der Waals surface area contributed by atoms with Gasteiger partial charge in [-0.25, -0.2) is 0 Å². The molecule has 3 rings (SSSR count). The Labute approximate surface area is 124 Å². The fourth-order valence-electron chi connectivity index (χ4n) is 2.89. The minimum Gasteiger partial charge on any atom is -0.486 e. The SMILES string of the molecule is CC(C(=O)N1CCCC1)C(O)c1ccc2c(c1)OCCO2. The number of hydrogen-bond acceptors (Lipinski definition) is 4. The first-order valence-corrected chi connectivity index (χ1v) is 7.53. The predicted octanol–water partition coefficient (Wildman–Crippen LogP) is 1.75. The molecule has 0 aliphatic carbocycles. The summed E-state index contributed by atoms with van der Waals surface area (Å²) in [4.78, 5) is 14.2. The Kier molecular flexibility index (Phi) is 4.01. The monoisotopic (exact) mass is 291 g/mol. The highest BCUT2D eigenvalue weighted by atomic mass is 16.6. The van der Waals surface area contributed by atoms with Crippen LogP contribution in [0.25, 0.3) is 0 Å². The number of nitrogens with zero attached hydrogens (tertiary/aromatic N) is 1. The fourth-order valence-corrected chi connectivity index (χ4v) is 2.89. The molecule has 1 aromatic carbocycles. The van der Waals surface area contributed by atoms with Gasteiger partial charge in [-0.3, -0.25) is 4.79 Å². The molecule has 0 spiro atoms. The number of aliphatic hydroxyl groups excluding tert-OH is 1. The molecular formula is C16H21NO4. The number of carbonyl (C=O) groups is 1. The second-order valence-corrected chi connectivity index (χ2v) is 5.67. The molecule has 1 aromatic rings. The molecular weight excluding hydrogens is 270 g/mol. The quantitative estimate of drug-likeness (QED) is 0.921. The van der Waals surface area contributed by atoms with Crippen LogP contribution in [-0.4, -0.2) is 42.2 Å². The summed E-state index contributed by atoms with van der Waals surface area (Å²) in [7, 11) is 0. The molecule has 1 fully saturated rings. The molecule has 2 unspecified atom stereocenters. The van der Waals surface area contributed by atoms with Crippen molar-refractivity contribution in [2.24, 2.45) is 5.92 Å². The highest BCUT2D eigenvalue weighted by molar-refractivity contribution is 5.79. The molecule has 1 saturated heterocycles. The molecule has 2 heterocycles. The van der Waals surface area contributed by atoms with E-state index in [0.29, 0.717) is 30.3 Å². The third-order valence-electron chi connectivity index (χ3n) is 4.19. The second-order valence-electron chi connectivity index (χ2n) is 5.67. The average molecular weight is 291 g/mol. The van der Waals surface area contributed by atoms with Gasteiger partial charge in [-0.05, 0) is 30.5 Å². The van der Waals surface area contributed by atoms with E-state index in [1.807, 2.05) is 4.90 Å². The number of hydrogen-bond donors (Lipinski definition) is 1. The zero-order valence-corrected chi connectivity index (χ0v) is 12.2. The first kappa shape index (κ1) is 14.2. The van der Waals surface area contributed by atoms with Gasteiger partial charge in [0, 0.05) is 13.1 Å². The minimum atomic E-state index is -0.825. The van der Waals surface area contributed by atoms with Crippen LogP contribution in [0.15, 0.2) is 18.2 Å². The number of aliphatic hydroxyl groups is 1. The van der Waals surface area contributed by atoms with Crippen molar-refractivity contribution >= 4 is 5.91 Å². The van der Waals surface area contributed by atoms with E-state index in [2.05, 4.69) is 0 Å². The highest BCUT2D eigenvalue weighted by Crippen LogP contribution is 2.34. The Morgan fingerprint density at radius 2 is 1.86 bits per heavy atom. The zero-order chi connectivity index (χ0) is 14.8. The number of ether oxygens (including phenoxy) is 2. The minimum absolute atomic E-state index is 0.0230. The molecule has 5 nitrogen and oxygen atoms in total. The Morgan fingerprint density at radius 1 is 1.19 bits per heavy atom. The molecule has 1 N–H and O–H groups in total. The molecule has 0 radical (unpaired) electrons. The summed E-state index contributed by atoms with van der Waals surface area (Å²) in [5, 5.41) is 10.5. The lowest BCUT2D eigenvalue weighted by atomic mass is 9.95. The predicted molar refractivity (Wildman–Crippen MR) is 77.4 cm³/mol. The van der Waals surface area contributed by atoms with Crippen molar-refractivity contribution in [2.45, 2.75) is 25.9 Å². The zero-order valence-electron chi connectivity index (χ0n) is 12.2. The Bertz CT molecular complexity index is 525. The summed E-state index contributed by atoms with van der Waals surface area (Å²) >= 11 is 0. The largest absolute Gasteiger partial charge is 0.486 e. The lowest BCUT2D eigenvalue weighted by Crippen LogP contribution is -2.35. The summed E-state index contributed by atoms with van der Waals surface area (Å²) in [6.07, 6.45) is 1.28. The first-order valence-electron chi connectivity index (χ1n) is 7.53. The van der Waals surface area contributed by atoms with Gasteiger partial charge in [0.25, 0.3) is 0 Å². The topological polar surface area (TPSA) is 59.0 Å². The molecule has 1 amide bonds. The number of amides is 1. The number of fused-ring (bicyclic) bond motifs is 1. The molecule has 0 aromatic heterocycles. The number of likely N-dealkylation sites (tertiary alicyclic amines) is 1. The van der Waals surface area contributed by atoms with Crippen LogP contribution in [0.3, 0.4) is 0 Å². The summed E-state index contributed by atoms with van der Waals surface area (Å²) in [5.41, 5.74) is 0.694. The standard InChI is InChI=1S/C16H21NO4/c1-11(16(19)17-6-2-3-7-17)15(18)12-4-5-13-14(10-12)21-9-8-20-13/h4-5,10-11,15,18H,2-3,6-9H2,1H3. The Balaban J connectivity index is 1.74. The van der Waals surface area contributed by atoms with Crippen molar-refractivity contribution in [3.63, 3.8) is 0 Å². The smallest absolute Gasteiger partial charge is 0.228 e. The van der Waals surface area contributed by atoms with Gasteiger partial charge in [0.05, 0.1) is 12.0 Å². The van der Waals surface area contributed by atoms with Crippen molar-refractivity contribution in [3.8, 4) is 11.5 Å². The van der Waals surface area contributed by atoms with Crippen LogP contribution in [0.4, 0.5) is 0 Å². The van der Waals surface area contributed by atoms with E-state index in [1.54, 1.807) is 25.1 Å². The molecule has 114 valence electrons. The average Bonchev–Trinajstić information content (AvgIpc) is 3.06. The van der Waals surface area contributed by atoms with Gasteiger partial charge in [-0.15, -0.1) is 0 Å². The molecule has 2 aliphatic rings. The second kappa shape index (κ2) is 5.93. The summed E-state index contributed by atoms with van der Waals surface area (Å²) < 4.78 is 11.0. The van der Waals surface area contributed by atoms with Gasteiger partial charge in [0.2, 0.25) is 5.91 Å². The van der Waals surface area contributed by atoms with E-state index < -0.39 is 12.0 Å². The van der Waals surface area contributed by atoms with E-state index in [9.17, 15) is 9.90 Å². The number of carbonyl (C=O) groups excluding carboxylic acids is 1. The number of benzene rings is 1. The molecule has 2 aliphatic heterocycles. The maximum Gasteiger partial charge on any atom is 0.228 e. The van der Waals surface area contributed by atoms with E-state index in [0.717, 1.165) is 25.9 Å². The van der Waals surface area contributed by atoms with Crippen LogP contribution in [0.5, 0.6) is 11.5 Å². The molecule has 0 bridgehead atoms. The molecule has 5 heteroatoms. The maximum absolute atomic E-state index is 12.4. The Morgan fingerprint density at radius 3 is 2.57 bits per heavy atom. The summed E-state index contributed by atoms with van der Waals surface area (Å²) in [5.74, 6) is 0.898. The van der Waals surface area contributed by atoms with Gasteiger partial charge < -0.3 is 19.5 Å². The molecule has 0 saturated carbocycles. The van der Waals surface area contributed by atoms with Crippen molar-refractivity contribution in [2.75, 3.05) is 26.3 Å². The maximum atomic E-state index is 12.4. The van der Waals surface area contributed by atoms with Gasteiger partial charge in [-0.1, -0.05) is 13.0 Å². The van der Waals surface area contributed by atoms with E-state index in [-0.39, 0.29) is 5.91 Å². The fraction of sp³-hybridized carbons (Fsp3) is 0.562. The van der Waals surface area contributed by atoms with Crippen molar-refractivity contribution in [3.05, 3.63) is 23.8 Å². The van der Waals surface area contributed by atoms with Crippen LogP contribution in [0.1, 0.15) is 31.4 Å². The van der Waals surface area contributed by atoms with Crippen LogP contribution < -0.4 is 9.47 Å². The summed E-state index contributed by atoms with van der Waals surface area (Å²) in [6.45, 7) is 4.43. The van der Waals surface area contributed by atoms with Gasteiger partial charge in [-0.2, -0.15) is 0 Å². The third-order valence-corrected chi connectivity index (χ3v) is 4.19. The van der Waals surface area contributed by atoms with Gasteiger partial charge in [0.15, 0.2) is 11.5 Å². The number of rotatable bonds is 3. The molecule has 21 heavy (non-hydrogen) atoms.